The maximum absolute atomic E-state index is 12.2. The van der Waals surface area contributed by atoms with E-state index in [1.807, 2.05) is 38.1 Å². The Kier molecular flexibility index (Phi) is 12.0. The molecule has 1 aromatic rings. The molecule has 8 heteroatoms. The highest BCUT2D eigenvalue weighted by Gasteiger charge is 2.52. The Labute approximate surface area is 243 Å². The summed E-state index contributed by atoms with van der Waals surface area (Å²) in [6.45, 7) is 28.0. The van der Waals surface area contributed by atoms with E-state index < -0.39 is 38.4 Å². The van der Waals surface area contributed by atoms with Gasteiger partial charge < -0.3 is 28.5 Å². The van der Waals surface area contributed by atoms with E-state index in [9.17, 15) is 9.90 Å². The SMILES string of the molecule is C=C(C)[C@H](O[Si](C(C)C)(C(C)C)C(C)C)[C@@H](C)[C@@H](OCc1ccc(OC)cc1)[C@@H](C)[C@@H]1OC(C)(C)O[C@H]1C(=O)O. The van der Waals surface area contributed by atoms with Crippen LogP contribution in [0.5, 0.6) is 5.75 Å². The van der Waals surface area contributed by atoms with Gasteiger partial charge in [0.1, 0.15) is 11.9 Å². The van der Waals surface area contributed by atoms with Gasteiger partial charge in [0.25, 0.3) is 0 Å². The standard InChI is InChI=1S/C32H54O7Si/c1-19(2)27(39-40(20(3)4,21(5)6)22(7)8)23(9)28(36-18-25-14-16-26(35-13)17-15-25)24(10)29-30(31(33)34)38-32(11,12)37-29/h14-17,20-24,27-30H,1,18H2,2-13H3,(H,33,34)/t23-,24-,27+,28-,29+,30-/m1/s1. The number of ether oxygens (including phenoxy) is 4. The van der Waals surface area contributed by atoms with Crippen LogP contribution in [0.4, 0.5) is 0 Å². The van der Waals surface area contributed by atoms with Crippen molar-refractivity contribution in [2.24, 2.45) is 11.8 Å². The van der Waals surface area contributed by atoms with Crippen LogP contribution in [0.25, 0.3) is 0 Å². The van der Waals surface area contributed by atoms with E-state index in [4.69, 9.17) is 23.4 Å². The minimum atomic E-state index is -2.26. The quantitative estimate of drug-likeness (QED) is 0.169. The molecule has 0 radical (unpaired) electrons. The Bertz CT molecular complexity index is 950. The molecule has 0 bridgehead atoms. The van der Waals surface area contributed by atoms with Gasteiger partial charge >= 0.3 is 5.97 Å². The second-order valence-electron chi connectivity index (χ2n) is 12.9. The Morgan fingerprint density at radius 1 is 1.00 bits per heavy atom. The fourth-order valence-corrected chi connectivity index (χ4v) is 12.4. The lowest BCUT2D eigenvalue weighted by atomic mass is 9.82. The van der Waals surface area contributed by atoms with E-state index >= 15 is 0 Å². The van der Waals surface area contributed by atoms with Crippen LogP contribution in [-0.2, 0) is 30.0 Å². The minimum absolute atomic E-state index is 0.129. The zero-order valence-corrected chi connectivity index (χ0v) is 27.8. The van der Waals surface area contributed by atoms with Crippen LogP contribution in [0.2, 0.25) is 16.6 Å². The lowest BCUT2D eigenvalue weighted by Gasteiger charge is -2.47. The van der Waals surface area contributed by atoms with E-state index in [0.717, 1.165) is 16.9 Å². The van der Waals surface area contributed by atoms with E-state index in [-0.39, 0.29) is 17.9 Å². The smallest absolute Gasteiger partial charge is 0.335 e. The molecule has 2 rings (SSSR count). The second kappa shape index (κ2) is 14.0. The van der Waals surface area contributed by atoms with Crippen LogP contribution in [-0.4, -0.2) is 56.7 Å². The van der Waals surface area contributed by atoms with Crippen molar-refractivity contribution in [2.75, 3.05) is 7.11 Å². The summed E-state index contributed by atoms with van der Waals surface area (Å²) in [5.74, 6) is -1.71. The van der Waals surface area contributed by atoms with Gasteiger partial charge in [0.2, 0.25) is 8.32 Å². The summed E-state index contributed by atoms with van der Waals surface area (Å²) in [4.78, 5) is 12.2. The highest BCUT2D eigenvalue weighted by atomic mass is 28.4. The number of benzene rings is 1. The first-order chi connectivity index (χ1) is 18.5. The number of carbonyl (C=O) groups is 1. The minimum Gasteiger partial charge on any atom is -0.497 e. The molecular weight excluding hydrogens is 524 g/mol. The second-order valence-corrected chi connectivity index (χ2v) is 18.3. The molecule has 1 aliphatic rings. The van der Waals surface area contributed by atoms with Crippen LogP contribution >= 0.6 is 0 Å². The monoisotopic (exact) mass is 578 g/mol. The number of aliphatic carboxylic acids is 1. The van der Waals surface area contributed by atoms with E-state index in [1.165, 1.54) is 0 Å². The van der Waals surface area contributed by atoms with Crippen LogP contribution in [0.1, 0.15) is 81.7 Å². The fraction of sp³-hybridized carbons (Fsp3) is 0.719. The molecule has 1 fully saturated rings. The molecule has 0 unspecified atom stereocenters. The van der Waals surface area contributed by atoms with Crippen molar-refractivity contribution in [3.63, 3.8) is 0 Å². The van der Waals surface area contributed by atoms with E-state index in [0.29, 0.717) is 23.2 Å². The van der Waals surface area contributed by atoms with Gasteiger partial charge in [-0.15, -0.1) is 0 Å². The Hall–Kier alpha value is -1.71. The Morgan fingerprint density at radius 3 is 1.95 bits per heavy atom. The topological polar surface area (TPSA) is 83.5 Å². The van der Waals surface area contributed by atoms with Crippen LogP contribution in [0, 0.1) is 11.8 Å². The summed E-state index contributed by atoms with van der Waals surface area (Å²) in [5, 5.41) is 9.98. The molecule has 1 aliphatic heterocycles. The van der Waals surface area contributed by atoms with Crippen LogP contribution < -0.4 is 4.74 Å². The number of carboxylic acid groups (broad SMARTS) is 1. The molecule has 7 nitrogen and oxygen atoms in total. The van der Waals surface area contributed by atoms with Crippen molar-refractivity contribution < 1.29 is 33.3 Å². The van der Waals surface area contributed by atoms with Crippen molar-refractivity contribution in [3.05, 3.63) is 42.0 Å². The molecular formula is C32H54O7Si. The molecule has 0 saturated carbocycles. The summed E-state index contributed by atoms with van der Waals surface area (Å²) < 4.78 is 31.3. The van der Waals surface area contributed by atoms with Crippen molar-refractivity contribution in [1.29, 1.82) is 0 Å². The van der Waals surface area contributed by atoms with Gasteiger partial charge in [0.15, 0.2) is 11.9 Å². The lowest BCUT2D eigenvalue weighted by molar-refractivity contribution is -0.168. The van der Waals surface area contributed by atoms with Crippen LogP contribution in [0.15, 0.2) is 36.4 Å². The van der Waals surface area contributed by atoms with E-state index in [1.54, 1.807) is 21.0 Å². The van der Waals surface area contributed by atoms with Gasteiger partial charge in [-0.25, -0.2) is 4.79 Å². The number of carboxylic acids is 1. The highest BCUT2D eigenvalue weighted by Crippen LogP contribution is 2.45. The molecule has 228 valence electrons. The number of hydrogen-bond acceptors (Lipinski definition) is 6. The number of hydrogen-bond donors (Lipinski definition) is 1. The molecule has 0 aromatic heterocycles. The predicted molar refractivity (Wildman–Crippen MR) is 162 cm³/mol. The normalized spacial score (nSPS) is 22.4. The zero-order valence-electron chi connectivity index (χ0n) is 26.8. The third-order valence-corrected chi connectivity index (χ3v) is 14.6. The first kappa shape index (κ1) is 34.5. The largest absolute Gasteiger partial charge is 0.497 e. The number of rotatable bonds is 15. The molecule has 0 spiro atoms. The first-order valence-electron chi connectivity index (χ1n) is 14.6. The van der Waals surface area contributed by atoms with Crippen molar-refractivity contribution in [1.82, 2.24) is 0 Å². The van der Waals surface area contributed by atoms with Crippen molar-refractivity contribution in [3.8, 4) is 5.75 Å². The molecule has 1 aromatic carbocycles. The van der Waals surface area contributed by atoms with Crippen molar-refractivity contribution >= 4 is 14.3 Å². The third-order valence-electron chi connectivity index (χ3n) is 8.53. The van der Waals surface area contributed by atoms with Crippen molar-refractivity contribution in [2.45, 2.75) is 130 Å². The zero-order chi connectivity index (χ0) is 30.6. The lowest BCUT2D eigenvalue weighted by Crippen LogP contribution is -2.54. The Morgan fingerprint density at radius 2 is 1.52 bits per heavy atom. The van der Waals surface area contributed by atoms with Gasteiger partial charge in [-0.05, 0) is 55.1 Å². The predicted octanol–water partition coefficient (Wildman–Crippen LogP) is 7.59. The maximum Gasteiger partial charge on any atom is 0.335 e. The fourth-order valence-electron chi connectivity index (χ4n) is 6.70. The van der Waals surface area contributed by atoms with E-state index in [2.05, 4.69) is 55.0 Å². The molecule has 1 heterocycles. The Balaban J connectivity index is 2.51. The van der Waals surface area contributed by atoms with Crippen LogP contribution in [0.3, 0.4) is 0 Å². The molecule has 1 saturated heterocycles. The molecule has 6 atom stereocenters. The molecule has 0 amide bonds. The summed E-state index contributed by atoms with van der Waals surface area (Å²) in [6.07, 6.45) is -2.44. The van der Waals surface area contributed by atoms with Gasteiger partial charge in [0.05, 0.1) is 25.9 Å². The molecule has 1 N–H and O–H groups in total. The average Bonchev–Trinajstić information content (AvgIpc) is 3.19. The summed E-state index contributed by atoms with van der Waals surface area (Å²) in [5.41, 5.74) is 3.14. The van der Waals surface area contributed by atoms with Gasteiger partial charge in [-0.1, -0.05) is 79.7 Å². The molecule has 0 aliphatic carbocycles. The first-order valence-corrected chi connectivity index (χ1v) is 16.8. The summed E-state index contributed by atoms with van der Waals surface area (Å²) in [6, 6.07) is 7.77. The summed E-state index contributed by atoms with van der Waals surface area (Å²) in [7, 11) is -0.620. The third kappa shape index (κ3) is 7.76. The summed E-state index contributed by atoms with van der Waals surface area (Å²) >= 11 is 0. The average molecular weight is 579 g/mol. The van der Waals surface area contributed by atoms with Gasteiger partial charge in [-0.3, -0.25) is 0 Å². The maximum atomic E-state index is 12.2. The number of methoxy groups -OCH3 is 1. The van der Waals surface area contributed by atoms with Gasteiger partial charge in [-0.2, -0.15) is 0 Å². The molecule has 40 heavy (non-hydrogen) atoms. The van der Waals surface area contributed by atoms with Gasteiger partial charge in [0, 0.05) is 11.8 Å². The highest BCUT2D eigenvalue weighted by molar-refractivity contribution is 6.77.